The van der Waals surface area contributed by atoms with E-state index in [1.165, 1.54) is 18.7 Å². The predicted molar refractivity (Wildman–Crippen MR) is 90.4 cm³/mol. The van der Waals surface area contributed by atoms with E-state index in [0.717, 1.165) is 30.0 Å². The molecule has 0 saturated carbocycles. The third-order valence-corrected chi connectivity index (χ3v) is 5.18. The van der Waals surface area contributed by atoms with Gasteiger partial charge in [-0.15, -0.1) is 0 Å². The molecule has 1 aliphatic rings. The molecule has 118 valence electrons. The highest BCUT2D eigenvalue weighted by Gasteiger charge is 2.22. The summed E-state index contributed by atoms with van der Waals surface area (Å²) in [6.07, 6.45) is 1.07. The van der Waals surface area contributed by atoms with Crippen molar-refractivity contribution in [1.82, 2.24) is 10.2 Å². The Morgan fingerprint density at radius 1 is 1.24 bits per heavy atom. The van der Waals surface area contributed by atoms with Crippen LogP contribution in [0.2, 0.25) is 0 Å². The molecule has 0 radical (unpaired) electrons. The first-order chi connectivity index (χ1) is 10.1. The zero-order valence-electron chi connectivity index (χ0n) is 13.3. The van der Waals surface area contributed by atoms with Crippen LogP contribution in [0.25, 0.3) is 0 Å². The Balaban J connectivity index is 1.92. The summed E-state index contributed by atoms with van der Waals surface area (Å²) in [5.41, 5.74) is 1.19. The molecule has 3 atom stereocenters. The van der Waals surface area contributed by atoms with E-state index < -0.39 is 0 Å². The minimum absolute atomic E-state index is 0.162. The predicted octanol–water partition coefficient (Wildman–Crippen LogP) is 3.69. The number of halogens is 1. The largest absolute Gasteiger partial charge is 0.310 e. The zero-order valence-corrected chi connectivity index (χ0v) is 14.1. The highest BCUT2D eigenvalue weighted by Crippen LogP contribution is 2.26. The third kappa shape index (κ3) is 5.28. The molecule has 1 N–H and O–H groups in total. The zero-order chi connectivity index (χ0) is 15.2. The van der Waals surface area contributed by atoms with Crippen molar-refractivity contribution in [2.45, 2.75) is 43.7 Å². The lowest BCUT2D eigenvalue weighted by atomic mass is 10.0. The SMILES string of the molecule is CCNC(CCN1CC(C)SC(C)C1)c1ccc(F)cc1. The summed E-state index contributed by atoms with van der Waals surface area (Å²) in [7, 11) is 0. The molecule has 1 aliphatic heterocycles. The quantitative estimate of drug-likeness (QED) is 0.862. The van der Waals surface area contributed by atoms with E-state index >= 15 is 0 Å². The Bertz CT molecular complexity index is 413. The van der Waals surface area contributed by atoms with Gasteiger partial charge in [0.05, 0.1) is 0 Å². The Labute approximate surface area is 132 Å². The maximum absolute atomic E-state index is 13.1. The average Bonchev–Trinajstić information content (AvgIpc) is 2.43. The van der Waals surface area contributed by atoms with Crippen LogP contribution in [0.5, 0.6) is 0 Å². The molecule has 0 bridgehead atoms. The standard InChI is InChI=1S/C17H27FN2S/c1-4-19-17(15-5-7-16(18)8-6-15)9-10-20-11-13(2)21-14(3)12-20/h5-8,13-14,17,19H,4,9-12H2,1-3H3. The maximum atomic E-state index is 13.1. The van der Waals surface area contributed by atoms with Crippen LogP contribution in [0.3, 0.4) is 0 Å². The van der Waals surface area contributed by atoms with Gasteiger partial charge in [0.15, 0.2) is 0 Å². The lowest BCUT2D eigenvalue weighted by Gasteiger charge is -2.35. The van der Waals surface area contributed by atoms with Gasteiger partial charge in [0.25, 0.3) is 0 Å². The van der Waals surface area contributed by atoms with Crippen LogP contribution in [0.4, 0.5) is 4.39 Å². The minimum Gasteiger partial charge on any atom is -0.310 e. The van der Waals surface area contributed by atoms with E-state index in [4.69, 9.17) is 0 Å². The second kappa shape index (κ2) is 8.16. The second-order valence-corrected chi connectivity index (χ2v) is 7.85. The molecule has 3 unspecified atom stereocenters. The molecular formula is C17H27FN2S. The molecule has 1 fully saturated rings. The summed E-state index contributed by atoms with van der Waals surface area (Å²) in [5, 5.41) is 4.97. The fourth-order valence-electron chi connectivity index (χ4n) is 3.11. The molecule has 4 heteroatoms. The maximum Gasteiger partial charge on any atom is 0.123 e. The van der Waals surface area contributed by atoms with E-state index in [9.17, 15) is 4.39 Å². The Morgan fingerprint density at radius 3 is 2.43 bits per heavy atom. The Morgan fingerprint density at radius 2 is 1.86 bits per heavy atom. The van der Waals surface area contributed by atoms with Crippen molar-refractivity contribution in [3.05, 3.63) is 35.6 Å². The molecule has 1 aromatic carbocycles. The summed E-state index contributed by atoms with van der Waals surface area (Å²) in [5.74, 6) is -0.162. The first-order valence-electron chi connectivity index (χ1n) is 7.95. The molecule has 1 saturated heterocycles. The number of hydrogen-bond donors (Lipinski definition) is 1. The molecule has 21 heavy (non-hydrogen) atoms. The van der Waals surface area contributed by atoms with Gasteiger partial charge in [-0.1, -0.05) is 32.9 Å². The number of thioether (sulfide) groups is 1. The normalized spacial score (nSPS) is 25.0. The van der Waals surface area contributed by atoms with E-state index in [1.54, 1.807) is 12.1 Å². The van der Waals surface area contributed by atoms with Gasteiger partial charge in [0.2, 0.25) is 0 Å². The van der Waals surface area contributed by atoms with Gasteiger partial charge in [0.1, 0.15) is 5.82 Å². The van der Waals surface area contributed by atoms with Gasteiger partial charge < -0.3 is 10.2 Å². The van der Waals surface area contributed by atoms with E-state index in [2.05, 4.69) is 42.7 Å². The van der Waals surface area contributed by atoms with Crippen LogP contribution < -0.4 is 5.32 Å². The number of benzene rings is 1. The van der Waals surface area contributed by atoms with Crippen LogP contribution in [0.1, 0.15) is 38.8 Å². The Hall–Kier alpha value is -0.580. The van der Waals surface area contributed by atoms with Gasteiger partial charge in [-0.25, -0.2) is 4.39 Å². The molecular weight excluding hydrogens is 283 g/mol. The average molecular weight is 310 g/mol. The third-order valence-electron chi connectivity index (χ3n) is 3.95. The van der Waals surface area contributed by atoms with E-state index in [1.807, 2.05) is 12.1 Å². The van der Waals surface area contributed by atoms with Crippen molar-refractivity contribution in [3.63, 3.8) is 0 Å². The van der Waals surface area contributed by atoms with Crippen molar-refractivity contribution >= 4 is 11.8 Å². The summed E-state index contributed by atoms with van der Waals surface area (Å²) >= 11 is 2.09. The number of hydrogen-bond acceptors (Lipinski definition) is 3. The van der Waals surface area contributed by atoms with E-state index in [-0.39, 0.29) is 5.82 Å². The number of nitrogens with one attached hydrogen (secondary N) is 1. The topological polar surface area (TPSA) is 15.3 Å². The van der Waals surface area contributed by atoms with Gasteiger partial charge in [0, 0.05) is 36.2 Å². The smallest absolute Gasteiger partial charge is 0.123 e. The molecule has 0 spiro atoms. The summed E-state index contributed by atoms with van der Waals surface area (Å²) in [6, 6.07) is 7.23. The summed E-state index contributed by atoms with van der Waals surface area (Å²) in [4.78, 5) is 2.57. The highest BCUT2D eigenvalue weighted by molar-refractivity contribution is 8.00. The molecule has 0 aliphatic carbocycles. The molecule has 0 aromatic heterocycles. The van der Waals surface area contributed by atoms with E-state index in [0.29, 0.717) is 6.04 Å². The fraction of sp³-hybridized carbons (Fsp3) is 0.647. The van der Waals surface area contributed by atoms with Crippen molar-refractivity contribution in [1.29, 1.82) is 0 Å². The second-order valence-electron chi connectivity index (χ2n) is 5.97. The van der Waals surface area contributed by atoms with Crippen molar-refractivity contribution < 1.29 is 4.39 Å². The molecule has 2 rings (SSSR count). The van der Waals surface area contributed by atoms with Crippen LogP contribution in [0.15, 0.2) is 24.3 Å². The van der Waals surface area contributed by atoms with Crippen LogP contribution in [0, 0.1) is 5.82 Å². The monoisotopic (exact) mass is 310 g/mol. The van der Waals surface area contributed by atoms with Crippen LogP contribution >= 0.6 is 11.8 Å². The minimum atomic E-state index is -0.162. The van der Waals surface area contributed by atoms with Crippen LogP contribution in [-0.4, -0.2) is 41.6 Å². The fourth-order valence-corrected chi connectivity index (χ4v) is 4.49. The Kier molecular flexibility index (Phi) is 6.52. The molecule has 0 amide bonds. The van der Waals surface area contributed by atoms with Gasteiger partial charge in [-0.3, -0.25) is 0 Å². The van der Waals surface area contributed by atoms with Crippen molar-refractivity contribution in [2.75, 3.05) is 26.2 Å². The lowest BCUT2D eigenvalue weighted by Crippen LogP contribution is -2.41. The van der Waals surface area contributed by atoms with Gasteiger partial charge >= 0.3 is 0 Å². The molecule has 1 aromatic rings. The summed E-state index contributed by atoms with van der Waals surface area (Å²) < 4.78 is 13.1. The first-order valence-corrected chi connectivity index (χ1v) is 8.89. The van der Waals surface area contributed by atoms with Gasteiger partial charge in [-0.05, 0) is 30.7 Å². The molecule has 1 heterocycles. The number of rotatable bonds is 6. The lowest BCUT2D eigenvalue weighted by molar-refractivity contribution is 0.254. The first kappa shape index (κ1) is 16.8. The van der Waals surface area contributed by atoms with Crippen LogP contribution in [-0.2, 0) is 0 Å². The highest BCUT2D eigenvalue weighted by atomic mass is 32.2. The van der Waals surface area contributed by atoms with Crippen molar-refractivity contribution in [3.8, 4) is 0 Å². The molecule has 2 nitrogen and oxygen atoms in total. The summed E-state index contributed by atoms with van der Waals surface area (Å²) in [6.45, 7) is 11.1. The van der Waals surface area contributed by atoms with Crippen molar-refractivity contribution in [2.24, 2.45) is 0 Å². The van der Waals surface area contributed by atoms with Gasteiger partial charge in [-0.2, -0.15) is 11.8 Å². The number of nitrogens with zero attached hydrogens (tertiary/aromatic N) is 1.